The van der Waals surface area contributed by atoms with E-state index in [-0.39, 0.29) is 11.3 Å². The maximum absolute atomic E-state index is 10.6. The van der Waals surface area contributed by atoms with Crippen molar-refractivity contribution in [1.29, 1.82) is 0 Å². The summed E-state index contributed by atoms with van der Waals surface area (Å²) in [6, 6.07) is 6.27. The number of hydrogen-bond donors (Lipinski definition) is 1. The van der Waals surface area contributed by atoms with Crippen LogP contribution in [-0.4, -0.2) is 17.3 Å². The zero-order valence-electron chi connectivity index (χ0n) is 6.89. The van der Waals surface area contributed by atoms with Gasteiger partial charge in [0.2, 0.25) is 0 Å². The Hall–Kier alpha value is -1.20. The van der Waals surface area contributed by atoms with Gasteiger partial charge in [-0.05, 0) is 12.1 Å². The zero-order valence-corrected chi connectivity index (χ0v) is 7.71. The second kappa shape index (κ2) is 4.74. The van der Waals surface area contributed by atoms with Crippen molar-refractivity contribution in [3.8, 4) is 5.75 Å². The van der Waals surface area contributed by atoms with Crippen molar-refractivity contribution < 1.29 is 19.1 Å². The topological polar surface area (TPSA) is 55.8 Å². The summed E-state index contributed by atoms with van der Waals surface area (Å²) in [6.45, 7) is 0. The summed E-state index contributed by atoms with van der Waals surface area (Å²) < 4.78 is 4.56. The Morgan fingerprint density at radius 2 is 2.15 bits per heavy atom. The van der Waals surface area contributed by atoms with Gasteiger partial charge < -0.3 is 9.99 Å². The zero-order chi connectivity index (χ0) is 9.68. The molecule has 70 valence electrons. The van der Waals surface area contributed by atoms with E-state index < -0.39 is 5.97 Å². The highest BCUT2D eigenvalue weighted by Gasteiger charge is 2.10. The monoisotopic (exact) mass is 200 g/mol. The molecule has 4 nitrogen and oxygen atoms in total. The van der Waals surface area contributed by atoms with Crippen LogP contribution >= 0.6 is 12.0 Å². The van der Waals surface area contributed by atoms with Crippen LogP contribution in [0.3, 0.4) is 0 Å². The van der Waals surface area contributed by atoms with Crippen molar-refractivity contribution in [1.82, 2.24) is 0 Å². The summed E-state index contributed by atoms with van der Waals surface area (Å²) in [7, 11) is 0. The second-order valence-corrected chi connectivity index (χ2v) is 2.59. The van der Waals surface area contributed by atoms with Gasteiger partial charge in [-0.15, -0.1) is 4.33 Å². The average molecular weight is 200 g/mol. The van der Waals surface area contributed by atoms with Gasteiger partial charge in [0.15, 0.2) is 5.75 Å². The third kappa shape index (κ3) is 2.64. The van der Waals surface area contributed by atoms with Gasteiger partial charge in [0, 0.05) is 18.3 Å². The summed E-state index contributed by atoms with van der Waals surface area (Å²) in [5.74, 6) is -0.843. The van der Waals surface area contributed by atoms with Gasteiger partial charge in [-0.1, -0.05) is 12.1 Å². The molecule has 0 saturated heterocycles. The van der Waals surface area contributed by atoms with Crippen molar-refractivity contribution in [3.63, 3.8) is 0 Å². The van der Waals surface area contributed by atoms with E-state index in [0.717, 1.165) is 12.0 Å². The lowest BCUT2D eigenvalue weighted by Gasteiger charge is -2.03. The van der Waals surface area contributed by atoms with Gasteiger partial charge in [-0.2, -0.15) is 0 Å². The number of hydrogen-bond acceptors (Lipinski definition) is 4. The van der Waals surface area contributed by atoms with Crippen LogP contribution < -0.4 is 4.89 Å². The fraction of sp³-hybridized carbons (Fsp3) is 0.125. The lowest BCUT2D eigenvalue weighted by atomic mass is 10.2. The summed E-state index contributed by atoms with van der Waals surface area (Å²) in [4.78, 5) is 15.4. The van der Waals surface area contributed by atoms with Gasteiger partial charge in [0.05, 0.1) is 0 Å². The van der Waals surface area contributed by atoms with Crippen LogP contribution in [0, 0.1) is 0 Å². The maximum Gasteiger partial charge on any atom is 0.339 e. The lowest BCUT2D eigenvalue weighted by Crippen LogP contribution is -2.00. The third-order valence-electron chi connectivity index (χ3n) is 1.31. The molecule has 0 amide bonds. The predicted octanol–water partition coefficient (Wildman–Crippen LogP) is 1.97. The largest absolute Gasteiger partial charge is 0.478 e. The Kier molecular flexibility index (Phi) is 3.60. The summed E-state index contributed by atoms with van der Waals surface area (Å²) >= 11 is 1.00. The molecule has 0 heterocycles. The van der Waals surface area contributed by atoms with Crippen molar-refractivity contribution in [2.24, 2.45) is 0 Å². The van der Waals surface area contributed by atoms with Crippen LogP contribution in [0.5, 0.6) is 5.75 Å². The molecule has 0 fully saturated rings. The van der Waals surface area contributed by atoms with E-state index in [1.165, 1.54) is 12.1 Å². The highest BCUT2D eigenvalue weighted by Crippen LogP contribution is 2.19. The Morgan fingerprint density at radius 3 is 2.77 bits per heavy atom. The minimum atomic E-state index is -1.04. The smallest absolute Gasteiger partial charge is 0.339 e. The molecule has 1 rings (SSSR count). The molecule has 0 aromatic heterocycles. The molecule has 0 spiro atoms. The van der Waals surface area contributed by atoms with Gasteiger partial charge >= 0.3 is 5.97 Å². The highest BCUT2D eigenvalue weighted by atomic mass is 32.2. The summed E-state index contributed by atoms with van der Waals surface area (Å²) in [6.07, 6.45) is 1.67. The van der Waals surface area contributed by atoms with E-state index in [2.05, 4.69) is 4.33 Å². The number of rotatable bonds is 4. The van der Waals surface area contributed by atoms with Crippen molar-refractivity contribution in [2.45, 2.75) is 0 Å². The molecule has 0 saturated carbocycles. The van der Waals surface area contributed by atoms with Crippen LogP contribution in [0.2, 0.25) is 0 Å². The molecule has 0 radical (unpaired) electrons. The Bertz CT molecular complexity index is 300. The third-order valence-corrected chi connectivity index (χ3v) is 1.51. The molecule has 0 bridgehead atoms. The van der Waals surface area contributed by atoms with E-state index in [1.54, 1.807) is 18.4 Å². The van der Waals surface area contributed by atoms with E-state index in [4.69, 9.17) is 9.99 Å². The van der Waals surface area contributed by atoms with Gasteiger partial charge in [-0.25, -0.2) is 4.79 Å². The minimum absolute atomic E-state index is 0.0801. The molecule has 13 heavy (non-hydrogen) atoms. The first kappa shape index (κ1) is 9.88. The van der Waals surface area contributed by atoms with Crippen LogP contribution in [0.4, 0.5) is 0 Å². The normalized spacial score (nSPS) is 9.62. The number of carbonyl (C=O) groups is 1. The number of carboxylic acids is 1. The van der Waals surface area contributed by atoms with Crippen molar-refractivity contribution >= 4 is 18.0 Å². The van der Waals surface area contributed by atoms with Gasteiger partial charge in [-0.3, -0.25) is 0 Å². The molecule has 0 unspecified atom stereocenters. The summed E-state index contributed by atoms with van der Waals surface area (Å²) in [5.41, 5.74) is 0.0801. The lowest BCUT2D eigenvalue weighted by molar-refractivity contribution is -0.0778. The number of para-hydroxylation sites is 1. The fourth-order valence-electron chi connectivity index (χ4n) is 0.787. The first-order valence-electron chi connectivity index (χ1n) is 3.45. The van der Waals surface area contributed by atoms with E-state index in [1.807, 2.05) is 0 Å². The van der Waals surface area contributed by atoms with E-state index in [0.29, 0.717) is 0 Å². The number of benzene rings is 1. The fourth-order valence-corrected chi connectivity index (χ4v) is 0.928. The standard InChI is InChI=1S/C8H8O4S/c1-13-12-11-7-5-3-2-4-6(7)8(9)10/h2-5H,1H3,(H,9,10). The molecular formula is C8H8O4S. The minimum Gasteiger partial charge on any atom is -0.478 e. The van der Waals surface area contributed by atoms with Crippen LogP contribution in [0.15, 0.2) is 24.3 Å². The molecule has 1 N–H and O–H groups in total. The number of aromatic carboxylic acids is 1. The van der Waals surface area contributed by atoms with Crippen LogP contribution in [-0.2, 0) is 4.33 Å². The van der Waals surface area contributed by atoms with Crippen molar-refractivity contribution in [3.05, 3.63) is 29.8 Å². The Balaban J connectivity index is 2.84. The quantitative estimate of drug-likeness (QED) is 0.457. The van der Waals surface area contributed by atoms with Gasteiger partial charge in [0.1, 0.15) is 5.56 Å². The molecule has 1 aromatic carbocycles. The molecule has 0 aliphatic heterocycles. The first-order chi connectivity index (χ1) is 6.25. The Labute approximate surface area is 79.6 Å². The molecule has 5 heteroatoms. The number of carboxylic acid groups (broad SMARTS) is 1. The molecule has 0 atom stereocenters. The molecule has 0 aliphatic carbocycles. The molecular weight excluding hydrogens is 192 g/mol. The van der Waals surface area contributed by atoms with Gasteiger partial charge in [0.25, 0.3) is 0 Å². The van der Waals surface area contributed by atoms with Crippen LogP contribution in [0.25, 0.3) is 0 Å². The molecule has 1 aromatic rings. The Morgan fingerprint density at radius 1 is 1.46 bits per heavy atom. The van der Waals surface area contributed by atoms with Crippen LogP contribution in [0.1, 0.15) is 10.4 Å². The summed E-state index contributed by atoms with van der Waals surface area (Å²) in [5, 5.41) is 8.72. The highest BCUT2D eigenvalue weighted by molar-refractivity contribution is 7.93. The van der Waals surface area contributed by atoms with E-state index in [9.17, 15) is 4.79 Å². The predicted molar refractivity (Wildman–Crippen MR) is 48.6 cm³/mol. The van der Waals surface area contributed by atoms with E-state index >= 15 is 0 Å². The molecule has 0 aliphatic rings. The SMILES string of the molecule is CSOOc1ccccc1C(=O)O. The maximum atomic E-state index is 10.6. The average Bonchev–Trinajstić information content (AvgIpc) is 2.15. The first-order valence-corrected chi connectivity index (χ1v) is 4.60. The van der Waals surface area contributed by atoms with Crippen molar-refractivity contribution in [2.75, 3.05) is 6.26 Å². The second-order valence-electron chi connectivity index (χ2n) is 2.12.